The van der Waals surface area contributed by atoms with Crippen molar-refractivity contribution in [2.75, 3.05) is 0 Å². The Morgan fingerprint density at radius 3 is 1.00 bits per heavy atom. The Morgan fingerprint density at radius 2 is 1.00 bits per heavy atom. The number of hydrogen-bond donors (Lipinski definition) is 2. The summed E-state index contributed by atoms with van der Waals surface area (Å²) in [5, 5.41) is 14.8. The Bertz CT molecular complexity index is 87.4. The van der Waals surface area contributed by atoms with E-state index in [1.54, 1.807) is 0 Å². The van der Waals surface area contributed by atoms with E-state index in [-0.39, 0.29) is 86.0 Å². The largest absolute Gasteiger partial charge is 1.00 e. The van der Waals surface area contributed by atoms with Gasteiger partial charge >= 0.3 is 63.3 Å². The Kier molecular flexibility index (Phi) is 82.5. The van der Waals surface area contributed by atoms with Gasteiger partial charge in [0.1, 0.15) is 0 Å². The molecule has 0 aliphatic heterocycles. The van der Waals surface area contributed by atoms with Crippen LogP contribution in [0.2, 0.25) is 0 Å². The molecule has 0 aromatic rings. The van der Waals surface area contributed by atoms with E-state index in [2.05, 4.69) is 0 Å². The molecule has 0 saturated carbocycles. The summed E-state index contributed by atoms with van der Waals surface area (Å²) < 4.78 is 0. The topological polar surface area (TPSA) is 169 Å². The fourth-order valence-corrected chi connectivity index (χ4v) is 0. The zero-order valence-corrected chi connectivity index (χ0v) is 9.71. The Morgan fingerprint density at radius 1 is 0.909 bits per heavy atom. The van der Waals surface area contributed by atoms with Crippen LogP contribution < -0.4 is 51.4 Å². The van der Waals surface area contributed by atoms with Crippen molar-refractivity contribution in [3.63, 3.8) is 0 Å². The van der Waals surface area contributed by atoms with Crippen LogP contribution in [0.25, 0.3) is 0 Å². The summed E-state index contributed by atoms with van der Waals surface area (Å²) in [5.41, 5.74) is 0. The van der Waals surface area contributed by atoms with Gasteiger partial charge in [0.25, 0.3) is 0 Å². The second-order valence-corrected chi connectivity index (χ2v) is 0.610. The normalized spacial score (nSPS) is 4.00. The molecule has 1 radical (unpaired) electrons. The molecule has 0 heterocycles. The second kappa shape index (κ2) is 22.4. The first-order valence-corrected chi connectivity index (χ1v) is 1.11. The molecule has 69 valence electrons. The molecular weight excluding hydrogens is 234 g/mol. The van der Waals surface area contributed by atoms with Gasteiger partial charge in [0.2, 0.25) is 0 Å². The van der Waals surface area contributed by atoms with E-state index in [0.29, 0.717) is 0 Å². The van der Waals surface area contributed by atoms with Gasteiger partial charge in [-0.3, -0.25) is 0 Å². The van der Waals surface area contributed by atoms with E-state index >= 15 is 0 Å². The molecule has 0 aliphatic rings. The molecule has 0 saturated heterocycles. The number of carbonyl (C=O) groups is 2. The minimum absolute atomic E-state index is 0. The summed E-state index contributed by atoms with van der Waals surface area (Å²) in [6.45, 7) is 0. The maximum absolute atomic E-state index is 9.10. The first-order chi connectivity index (χ1) is 2.64. The van der Waals surface area contributed by atoms with Gasteiger partial charge in [-0.2, -0.15) is 0 Å². The third kappa shape index (κ3) is 35.8. The van der Waals surface area contributed by atoms with Crippen LogP contribution in [0.15, 0.2) is 0 Å². The Labute approximate surface area is 116 Å². The van der Waals surface area contributed by atoms with Gasteiger partial charge < -0.3 is 28.1 Å². The second-order valence-electron chi connectivity index (χ2n) is 0.610. The van der Waals surface area contributed by atoms with Crippen molar-refractivity contribution in [2.24, 2.45) is 0 Å². The molecule has 0 amide bonds. The summed E-state index contributed by atoms with van der Waals surface area (Å²) >= 11 is 0. The van der Waals surface area contributed by atoms with E-state index in [4.69, 9.17) is 19.8 Å². The van der Waals surface area contributed by atoms with Crippen molar-refractivity contribution in [3.8, 4) is 0 Å². The molecule has 0 atom stereocenters. The van der Waals surface area contributed by atoms with Crippen LogP contribution in [-0.4, -0.2) is 38.6 Å². The van der Waals surface area contributed by atoms with Gasteiger partial charge in [-0.15, -0.1) is 0 Å². The number of aliphatic carboxylic acids is 2. The average Bonchev–Trinajstić information content (AvgIpc) is 1.36. The smallest absolute Gasteiger partial charge is 1.00 e. The fourth-order valence-electron chi connectivity index (χ4n) is 0. The molecule has 7 nitrogen and oxygen atoms in total. The third-order valence-electron chi connectivity index (χ3n) is 0.183. The van der Waals surface area contributed by atoms with E-state index in [9.17, 15) is 0 Å². The fraction of sp³-hybridized carbons (Fsp3) is 0. The number of carboxylic acid groups (broad SMARTS) is 2. The van der Waals surface area contributed by atoms with Crippen molar-refractivity contribution < 1.29 is 106 Å². The van der Waals surface area contributed by atoms with Gasteiger partial charge in [0.15, 0.2) is 0 Å². The molecular formula is C2H9CoKO7. The summed E-state index contributed by atoms with van der Waals surface area (Å²) in [7, 11) is 0. The standard InChI is InChI=1S/C2H2O4.Co.K.3H2O.H/c3-1(4)2(5)6;;;;;;/h(H,3,4)(H,5,6);;;3*1H2;/q;;+1;;;;-1. The third-order valence-corrected chi connectivity index (χ3v) is 0.183. The van der Waals surface area contributed by atoms with E-state index < -0.39 is 11.9 Å². The molecule has 9 heteroatoms. The van der Waals surface area contributed by atoms with Crippen molar-refractivity contribution in [3.05, 3.63) is 0 Å². The van der Waals surface area contributed by atoms with Crippen LogP contribution >= 0.6 is 0 Å². The molecule has 0 spiro atoms. The van der Waals surface area contributed by atoms with Crippen LogP contribution in [0, 0.1) is 0 Å². The van der Waals surface area contributed by atoms with Crippen molar-refractivity contribution in [2.45, 2.75) is 0 Å². The molecule has 0 aromatic heterocycles. The number of hydrogen-bond acceptors (Lipinski definition) is 2. The minimum Gasteiger partial charge on any atom is -1.00 e. The first kappa shape index (κ1) is 40.4. The van der Waals surface area contributed by atoms with Crippen LogP contribution in [-0.2, 0) is 26.4 Å². The Balaban J connectivity index is -0.00000000833. The minimum atomic E-state index is -1.82. The quantitative estimate of drug-likeness (QED) is 0.318. The zero-order chi connectivity index (χ0) is 5.15. The van der Waals surface area contributed by atoms with Gasteiger partial charge in [-0.05, 0) is 0 Å². The van der Waals surface area contributed by atoms with Crippen LogP contribution in [0.1, 0.15) is 1.43 Å². The molecule has 0 aromatic carbocycles. The van der Waals surface area contributed by atoms with Crippen molar-refractivity contribution in [1.82, 2.24) is 0 Å². The summed E-state index contributed by atoms with van der Waals surface area (Å²) in [5.74, 6) is -3.65. The molecule has 11 heavy (non-hydrogen) atoms. The van der Waals surface area contributed by atoms with Gasteiger partial charge in [0.05, 0.1) is 0 Å². The Hall–Kier alpha value is 0.963. The monoisotopic (exact) mass is 243 g/mol. The van der Waals surface area contributed by atoms with Gasteiger partial charge in [0, 0.05) is 16.8 Å². The van der Waals surface area contributed by atoms with Gasteiger partial charge in [-0.25, -0.2) is 9.59 Å². The van der Waals surface area contributed by atoms with E-state index in [0.717, 1.165) is 0 Å². The molecule has 0 rings (SSSR count). The first-order valence-electron chi connectivity index (χ1n) is 1.11. The number of carboxylic acids is 2. The average molecular weight is 243 g/mol. The predicted molar refractivity (Wildman–Crippen MR) is 27.2 cm³/mol. The van der Waals surface area contributed by atoms with E-state index in [1.165, 1.54) is 0 Å². The van der Waals surface area contributed by atoms with E-state index in [1.807, 2.05) is 0 Å². The maximum atomic E-state index is 9.10. The zero-order valence-electron chi connectivity index (χ0n) is 6.54. The van der Waals surface area contributed by atoms with Crippen LogP contribution in [0.4, 0.5) is 0 Å². The summed E-state index contributed by atoms with van der Waals surface area (Å²) in [6.07, 6.45) is 0. The molecule has 8 N–H and O–H groups in total. The van der Waals surface area contributed by atoms with Gasteiger partial charge in [-0.1, -0.05) is 0 Å². The predicted octanol–water partition coefficient (Wildman–Crippen LogP) is -6.20. The molecule has 0 bridgehead atoms. The van der Waals surface area contributed by atoms with Crippen molar-refractivity contribution >= 4 is 11.9 Å². The summed E-state index contributed by atoms with van der Waals surface area (Å²) in [4.78, 5) is 18.2. The van der Waals surface area contributed by atoms with Crippen LogP contribution in [0.5, 0.6) is 0 Å². The number of rotatable bonds is 0. The molecule has 0 fully saturated rings. The summed E-state index contributed by atoms with van der Waals surface area (Å²) in [6, 6.07) is 0. The molecule has 0 unspecified atom stereocenters. The SMILES string of the molecule is O.O.O.O=C(O)C(=O)O.[Co].[H-].[K+]. The maximum Gasteiger partial charge on any atom is 1.00 e. The molecule has 0 aliphatic carbocycles. The van der Waals surface area contributed by atoms with Crippen LogP contribution in [0.3, 0.4) is 0 Å². The van der Waals surface area contributed by atoms with Crippen molar-refractivity contribution in [1.29, 1.82) is 0 Å².